The molecule has 6 nitrogen and oxygen atoms in total. The van der Waals surface area contributed by atoms with Crippen LogP contribution in [0.1, 0.15) is 22.3 Å². The van der Waals surface area contributed by atoms with Crippen LogP contribution in [0.15, 0.2) is 53.4 Å². The van der Waals surface area contributed by atoms with Gasteiger partial charge in [-0.25, -0.2) is 17.5 Å². The zero-order chi connectivity index (χ0) is 19.2. The van der Waals surface area contributed by atoms with E-state index in [0.29, 0.717) is 25.1 Å². The van der Waals surface area contributed by atoms with Crippen LogP contribution in [0, 0.1) is 6.92 Å². The number of rotatable bonds is 8. The summed E-state index contributed by atoms with van der Waals surface area (Å²) in [7, 11) is -0.934. The molecule has 0 radical (unpaired) electrons. The molecule has 0 unspecified atom stereocenters. The minimum Gasteiger partial charge on any atom is -0.494 e. The van der Waals surface area contributed by atoms with Crippen molar-refractivity contribution in [3.8, 4) is 5.75 Å². The summed E-state index contributed by atoms with van der Waals surface area (Å²) in [5, 5.41) is 0. The molecule has 0 aliphatic heterocycles. The summed E-state index contributed by atoms with van der Waals surface area (Å²) in [5.74, 6) is 0.181. The summed E-state index contributed by atoms with van der Waals surface area (Å²) < 4.78 is 37.1. The number of carbonyl (C=O) groups excluding carboxylic acids is 1. The Hall–Kier alpha value is -2.38. The Morgan fingerprint density at radius 1 is 1.12 bits per heavy atom. The first kappa shape index (κ1) is 19.9. The lowest BCUT2D eigenvalue weighted by Crippen LogP contribution is -2.29. The van der Waals surface area contributed by atoms with Gasteiger partial charge in [-0.3, -0.25) is 0 Å². The van der Waals surface area contributed by atoms with E-state index in [0.717, 1.165) is 5.75 Å². The second kappa shape index (κ2) is 8.82. The third-order valence-corrected chi connectivity index (χ3v) is 5.93. The van der Waals surface area contributed by atoms with Crippen molar-refractivity contribution in [1.29, 1.82) is 0 Å². The minimum atomic E-state index is -3.71. The van der Waals surface area contributed by atoms with Gasteiger partial charge in [0.2, 0.25) is 10.0 Å². The van der Waals surface area contributed by atoms with Crippen molar-refractivity contribution in [3.63, 3.8) is 0 Å². The molecule has 0 bridgehead atoms. The van der Waals surface area contributed by atoms with Crippen LogP contribution in [0.25, 0.3) is 0 Å². The summed E-state index contributed by atoms with van der Waals surface area (Å²) in [6, 6.07) is 13.9. The highest BCUT2D eigenvalue weighted by atomic mass is 32.2. The van der Waals surface area contributed by atoms with Gasteiger partial charge in [0.15, 0.2) is 0 Å². The highest BCUT2D eigenvalue weighted by Crippen LogP contribution is 2.21. The highest BCUT2D eigenvalue weighted by Gasteiger charge is 2.24. The smallest absolute Gasteiger partial charge is 0.337 e. The molecule has 7 heteroatoms. The van der Waals surface area contributed by atoms with Crippen LogP contribution >= 0.6 is 0 Å². The van der Waals surface area contributed by atoms with Gasteiger partial charge < -0.3 is 9.47 Å². The Labute approximate surface area is 154 Å². The van der Waals surface area contributed by atoms with E-state index >= 15 is 0 Å². The number of aryl methyl sites for hydroxylation is 1. The van der Waals surface area contributed by atoms with Crippen molar-refractivity contribution >= 4 is 16.0 Å². The number of hydrogen-bond acceptors (Lipinski definition) is 5. The molecule has 140 valence electrons. The number of ether oxygens (including phenoxy) is 2. The van der Waals surface area contributed by atoms with Gasteiger partial charge in [-0.05, 0) is 43.2 Å². The van der Waals surface area contributed by atoms with Crippen LogP contribution in [-0.2, 0) is 14.8 Å². The normalized spacial score (nSPS) is 11.4. The number of sulfonamides is 1. The number of esters is 1. The SMILES string of the molecule is COC(=O)c1ccc(C)c(S(=O)(=O)N(C)CCCOc2ccccc2)c1. The first-order valence-corrected chi connectivity index (χ1v) is 9.63. The molecule has 2 aromatic rings. The maximum atomic E-state index is 12.8. The molecule has 0 aliphatic carbocycles. The fourth-order valence-corrected chi connectivity index (χ4v) is 3.86. The van der Waals surface area contributed by atoms with Gasteiger partial charge >= 0.3 is 5.97 Å². The number of hydrogen-bond donors (Lipinski definition) is 0. The lowest BCUT2D eigenvalue weighted by atomic mass is 10.1. The third kappa shape index (κ3) is 4.83. The van der Waals surface area contributed by atoms with E-state index in [-0.39, 0.29) is 10.5 Å². The van der Waals surface area contributed by atoms with Crippen molar-refractivity contribution < 1.29 is 22.7 Å². The second-order valence-corrected chi connectivity index (χ2v) is 7.83. The standard InChI is InChI=1S/C19H23NO5S/c1-15-10-11-16(19(21)24-3)14-18(15)26(22,23)20(2)12-7-13-25-17-8-5-4-6-9-17/h4-6,8-11,14H,7,12-13H2,1-3H3. The first-order valence-electron chi connectivity index (χ1n) is 8.19. The highest BCUT2D eigenvalue weighted by molar-refractivity contribution is 7.89. The van der Waals surface area contributed by atoms with E-state index < -0.39 is 16.0 Å². The number of nitrogens with zero attached hydrogens (tertiary/aromatic N) is 1. The molecule has 26 heavy (non-hydrogen) atoms. The molecule has 0 amide bonds. The van der Waals surface area contributed by atoms with Crippen LogP contribution in [0.2, 0.25) is 0 Å². The molecular weight excluding hydrogens is 354 g/mol. The number of carbonyl (C=O) groups is 1. The van der Waals surface area contributed by atoms with Gasteiger partial charge in [-0.1, -0.05) is 24.3 Å². The van der Waals surface area contributed by atoms with Crippen LogP contribution in [0.5, 0.6) is 5.75 Å². The zero-order valence-corrected chi connectivity index (χ0v) is 16.0. The van der Waals surface area contributed by atoms with Crippen molar-refractivity contribution in [2.75, 3.05) is 27.3 Å². The predicted molar refractivity (Wildman–Crippen MR) is 98.9 cm³/mol. The molecule has 0 aromatic heterocycles. The molecule has 0 heterocycles. The van der Waals surface area contributed by atoms with Crippen molar-refractivity contribution in [2.45, 2.75) is 18.2 Å². The summed E-state index contributed by atoms with van der Waals surface area (Å²) >= 11 is 0. The maximum Gasteiger partial charge on any atom is 0.337 e. The van der Waals surface area contributed by atoms with Gasteiger partial charge in [0.25, 0.3) is 0 Å². The van der Waals surface area contributed by atoms with E-state index in [2.05, 4.69) is 4.74 Å². The average molecular weight is 377 g/mol. The molecule has 2 aromatic carbocycles. The van der Waals surface area contributed by atoms with Gasteiger partial charge in [-0.15, -0.1) is 0 Å². The van der Waals surface area contributed by atoms with E-state index in [1.807, 2.05) is 30.3 Å². The maximum absolute atomic E-state index is 12.8. The monoisotopic (exact) mass is 377 g/mol. The van der Waals surface area contributed by atoms with Crippen LogP contribution < -0.4 is 4.74 Å². The van der Waals surface area contributed by atoms with Crippen LogP contribution in [0.3, 0.4) is 0 Å². The second-order valence-electron chi connectivity index (χ2n) is 5.81. The molecule has 0 aliphatic rings. The Morgan fingerprint density at radius 3 is 2.46 bits per heavy atom. The quantitative estimate of drug-likeness (QED) is 0.522. The molecule has 0 fully saturated rings. The molecule has 0 atom stereocenters. The van der Waals surface area contributed by atoms with E-state index in [4.69, 9.17) is 4.74 Å². The van der Waals surface area contributed by atoms with Crippen molar-refractivity contribution in [3.05, 3.63) is 59.7 Å². The average Bonchev–Trinajstić information content (AvgIpc) is 2.65. The topological polar surface area (TPSA) is 72.9 Å². The van der Waals surface area contributed by atoms with E-state index in [1.54, 1.807) is 19.1 Å². The summed E-state index contributed by atoms with van der Waals surface area (Å²) in [5.41, 5.74) is 0.780. The van der Waals surface area contributed by atoms with E-state index in [9.17, 15) is 13.2 Å². The minimum absolute atomic E-state index is 0.104. The van der Waals surface area contributed by atoms with Gasteiger partial charge in [0, 0.05) is 13.6 Å². The molecule has 0 spiro atoms. The molecule has 0 saturated carbocycles. The Bertz CT molecular complexity index is 849. The molecule has 2 rings (SSSR count). The predicted octanol–water partition coefficient (Wildman–Crippen LogP) is 2.87. The van der Waals surface area contributed by atoms with Gasteiger partial charge in [0.05, 0.1) is 24.2 Å². The van der Waals surface area contributed by atoms with Crippen molar-refractivity contribution in [1.82, 2.24) is 4.31 Å². The first-order chi connectivity index (χ1) is 12.4. The zero-order valence-electron chi connectivity index (χ0n) is 15.1. The van der Waals surface area contributed by atoms with E-state index in [1.165, 1.54) is 24.5 Å². The largest absolute Gasteiger partial charge is 0.494 e. The summed E-state index contributed by atoms with van der Waals surface area (Å²) in [4.78, 5) is 11.8. The Kier molecular flexibility index (Phi) is 6.76. The number of para-hydroxylation sites is 1. The lowest BCUT2D eigenvalue weighted by molar-refractivity contribution is 0.0600. The van der Waals surface area contributed by atoms with Crippen LogP contribution in [0.4, 0.5) is 0 Å². The molecule has 0 saturated heterocycles. The third-order valence-electron chi connectivity index (χ3n) is 3.93. The lowest BCUT2D eigenvalue weighted by Gasteiger charge is -2.19. The van der Waals surface area contributed by atoms with Gasteiger partial charge in [-0.2, -0.15) is 0 Å². The number of methoxy groups -OCH3 is 1. The van der Waals surface area contributed by atoms with Crippen LogP contribution in [-0.4, -0.2) is 46.0 Å². The fraction of sp³-hybridized carbons (Fsp3) is 0.316. The summed E-state index contributed by atoms with van der Waals surface area (Å²) in [6.45, 7) is 2.41. The Morgan fingerprint density at radius 2 is 1.81 bits per heavy atom. The number of benzene rings is 2. The summed E-state index contributed by atoms with van der Waals surface area (Å²) in [6.07, 6.45) is 0.542. The molecular formula is C19H23NO5S. The van der Waals surface area contributed by atoms with Gasteiger partial charge in [0.1, 0.15) is 5.75 Å². The molecule has 0 N–H and O–H groups in total. The fourth-order valence-electron chi connectivity index (χ4n) is 2.40. The Balaban J connectivity index is 2.03. The van der Waals surface area contributed by atoms with Crippen molar-refractivity contribution in [2.24, 2.45) is 0 Å².